The number of amides is 1. The van der Waals surface area contributed by atoms with Crippen molar-refractivity contribution in [3.05, 3.63) is 28.3 Å². The van der Waals surface area contributed by atoms with Crippen LogP contribution < -0.4 is 9.47 Å². The van der Waals surface area contributed by atoms with Crippen molar-refractivity contribution in [1.82, 2.24) is 4.90 Å². The van der Waals surface area contributed by atoms with E-state index in [4.69, 9.17) is 9.47 Å². The van der Waals surface area contributed by atoms with E-state index < -0.39 is 16.8 Å². The van der Waals surface area contributed by atoms with Gasteiger partial charge in [0, 0.05) is 25.1 Å². The zero-order valence-corrected chi connectivity index (χ0v) is 14.0. The number of likely N-dealkylation sites (tertiary alicyclic amines) is 1. The first-order valence-corrected chi connectivity index (χ1v) is 8.33. The largest absolute Gasteiger partial charge is 0.493 e. The van der Waals surface area contributed by atoms with E-state index in [1.54, 1.807) is 4.90 Å². The number of hydrogen-bond acceptors (Lipinski definition) is 6. The van der Waals surface area contributed by atoms with Crippen molar-refractivity contribution in [3.63, 3.8) is 0 Å². The number of nitro groups is 1. The Bertz CT molecular complexity index is 698. The Hall–Kier alpha value is -2.64. The molecular formula is C17H20N2O6. The van der Waals surface area contributed by atoms with Crippen molar-refractivity contribution in [2.45, 2.75) is 38.1 Å². The number of carbonyl (C=O) groups is 2. The van der Waals surface area contributed by atoms with Gasteiger partial charge in [0.2, 0.25) is 5.91 Å². The van der Waals surface area contributed by atoms with Gasteiger partial charge in [0.15, 0.2) is 11.5 Å². The van der Waals surface area contributed by atoms with Crippen LogP contribution in [0.4, 0.5) is 5.69 Å². The second kappa shape index (κ2) is 7.08. The predicted molar refractivity (Wildman–Crippen MR) is 87.4 cm³/mol. The molecular weight excluding hydrogens is 328 g/mol. The van der Waals surface area contributed by atoms with Gasteiger partial charge in [0.1, 0.15) is 0 Å². The van der Waals surface area contributed by atoms with E-state index in [0.29, 0.717) is 6.54 Å². The number of rotatable bonds is 5. The smallest absolute Gasteiger partial charge is 0.316 e. The number of benzene rings is 1. The van der Waals surface area contributed by atoms with Crippen LogP contribution in [0.5, 0.6) is 11.5 Å². The van der Waals surface area contributed by atoms with Crippen molar-refractivity contribution >= 4 is 17.6 Å². The quantitative estimate of drug-likeness (QED) is 0.350. The van der Waals surface area contributed by atoms with Gasteiger partial charge in [-0.2, -0.15) is 0 Å². The van der Waals surface area contributed by atoms with E-state index in [-0.39, 0.29) is 35.6 Å². The molecule has 1 aromatic rings. The highest BCUT2D eigenvalue weighted by Crippen LogP contribution is 2.34. The lowest BCUT2D eigenvalue weighted by atomic mass is 10.1. The maximum atomic E-state index is 12.4. The average Bonchev–Trinajstić information content (AvgIpc) is 3.23. The van der Waals surface area contributed by atoms with Crippen LogP contribution in [0.2, 0.25) is 0 Å². The van der Waals surface area contributed by atoms with Crippen LogP contribution in [0, 0.1) is 16.0 Å². The predicted octanol–water partition coefficient (Wildman–Crippen LogP) is 2.30. The van der Waals surface area contributed by atoms with Crippen LogP contribution >= 0.6 is 0 Å². The summed E-state index contributed by atoms with van der Waals surface area (Å²) in [6.07, 6.45) is 4.29. The van der Waals surface area contributed by atoms with Crippen LogP contribution in [0.25, 0.3) is 0 Å². The molecule has 2 fully saturated rings. The molecule has 1 amide bonds. The molecule has 0 radical (unpaired) electrons. The number of non-ortho nitro benzene ring substituents is 1. The van der Waals surface area contributed by atoms with Crippen molar-refractivity contribution in [2.24, 2.45) is 5.92 Å². The average molecular weight is 348 g/mol. The fourth-order valence-corrected chi connectivity index (χ4v) is 3.51. The lowest BCUT2D eigenvalue weighted by Crippen LogP contribution is -2.35. The van der Waals surface area contributed by atoms with Gasteiger partial charge >= 0.3 is 5.97 Å². The molecule has 2 aliphatic rings. The van der Waals surface area contributed by atoms with Gasteiger partial charge < -0.3 is 14.4 Å². The Morgan fingerprint density at radius 3 is 2.64 bits per heavy atom. The summed E-state index contributed by atoms with van der Waals surface area (Å²) in [5.41, 5.74) is -0.196. The first kappa shape index (κ1) is 17.2. The summed E-state index contributed by atoms with van der Waals surface area (Å²) in [5.74, 6) is -0.922. The highest BCUT2D eigenvalue weighted by atomic mass is 16.6. The van der Waals surface area contributed by atoms with Crippen molar-refractivity contribution in [2.75, 3.05) is 13.7 Å². The highest BCUT2D eigenvalue weighted by molar-refractivity contribution is 5.88. The summed E-state index contributed by atoms with van der Waals surface area (Å²) in [6, 6.07) is 4.03. The van der Waals surface area contributed by atoms with Gasteiger partial charge in [0.25, 0.3) is 5.69 Å². The molecule has 0 unspecified atom stereocenters. The molecule has 134 valence electrons. The Kier molecular flexibility index (Phi) is 4.87. The minimum atomic E-state index is -0.572. The topological polar surface area (TPSA) is 99.0 Å². The Labute approximate surface area is 144 Å². The number of carbonyl (C=O) groups excluding carboxylic acids is 2. The molecule has 1 aliphatic carbocycles. The third-order valence-electron chi connectivity index (χ3n) is 4.83. The maximum Gasteiger partial charge on any atom is 0.316 e. The van der Waals surface area contributed by atoms with E-state index in [1.807, 2.05) is 0 Å². The number of methoxy groups -OCH3 is 1. The lowest BCUT2D eigenvalue weighted by molar-refractivity contribution is -0.384. The molecule has 1 heterocycles. The van der Waals surface area contributed by atoms with Crippen LogP contribution in [-0.4, -0.2) is 41.4 Å². The normalized spacial score (nSPS) is 20.8. The van der Waals surface area contributed by atoms with Crippen LogP contribution in [0.15, 0.2) is 18.2 Å². The third-order valence-corrected chi connectivity index (χ3v) is 4.83. The van der Waals surface area contributed by atoms with E-state index in [1.165, 1.54) is 19.2 Å². The molecule has 0 spiro atoms. The molecule has 1 saturated heterocycles. The molecule has 25 heavy (non-hydrogen) atoms. The van der Waals surface area contributed by atoms with E-state index in [9.17, 15) is 19.7 Å². The van der Waals surface area contributed by atoms with Crippen molar-refractivity contribution < 1.29 is 24.0 Å². The van der Waals surface area contributed by atoms with Gasteiger partial charge in [0.05, 0.1) is 24.0 Å². The van der Waals surface area contributed by atoms with Crippen LogP contribution in [0.1, 0.15) is 32.1 Å². The molecule has 8 heteroatoms. The first-order valence-electron chi connectivity index (χ1n) is 8.33. The maximum absolute atomic E-state index is 12.4. The number of hydrogen-bond donors (Lipinski definition) is 0. The molecule has 8 nitrogen and oxygen atoms in total. The molecule has 0 N–H and O–H groups in total. The molecule has 1 aliphatic heterocycles. The zero-order valence-electron chi connectivity index (χ0n) is 14.0. The van der Waals surface area contributed by atoms with Gasteiger partial charge in [-0.15, -0.1) is 0 Å². The van der Waals surface area contributed by atoms with Gasteiger partial charge in [-0.1, -0.05) is 12.8 Å². The van der Waals surface area contributed by atoms with Crippen LogP contribution in [-0.2, 0) is 9.59 Å². The van der Waals surface area contributed by atoms with E-state index >= 15 is 0 Å². The molecule has 0 bridgehead atoms. The van der Waals surface area contributed by atoms with E-state index in [0.717, 1.165) is 31.7 Å². The fourth-order valence-electron chi connectivity index (χ4n) is 3.51. The van der Waals surface area contributed by atoms with Crippen molar-refractivity contribution in [1.29, 1.82) is 0 Å². The monoisotopic (exact) mass is 348 g/mol. The van der Waals surface area contributed by atoms with Crippen molar-refractivity contribution in [3.8, 4) is 11.5 Å². The summed E-state index contributed by atoms with van der Waals surface area (Å²) < 4.78 is 10.4. The number of nitro benzene ring substituents is 1. The Morgan fingerprint density at radius 1 is 1.28 bits per heavy atom. The molecule has 3 rings (SSSR count). The molecule has 1 atom stereocenters. The number of ether oxygens (including phenoxy) is 2. The first-order chi connectivity index (χ1) is 12.0. The summed E-state index contributed by atoms with van der Waals surface area (Å²) in [5, 5.41) is 10.9. The van der Waals surface area contributed by atoms with E-state index in [2.05, 4.69) is 0 Å². The summed E-state index contributed by atoms with van der Waals surface area (Å²) in [4.78, 5) is 36.8. The standard InChI is InChI=1S/C17H20N2O6/c1-24-14-7-6-13(19(22)23)9-15(14)25-17(21)11-8-16(20)18(10-11)12-4-2-3-5-12/h6-7,9,11-12H,2-5,8,10H2,1H3/t11-/m1/s1. The van der Waals surface area contributed by atoms with Gasteiger partial charge in [-0.3, -0.25) is 19.7 Å². The zero-order chi connectivity index (χ0) is 18.0. The third kappa shape index (κ3) is 3.57. The summed E-state index contributed by atoms with van der Waals surface area (Å²) in [6.45, 7) is 0.347. The minimum Gasteiger partial charge on any atom is -0.493 e. The second-order valence-electron chi connectivity index (χ2n) is 6.40. The Balaban J connectivity index is 1.71. The van der Waals surface area contributed by atoms with Gasteiger partial charge in [-0.05, 0) is 18.9 Å². The highest BCUT2D eigenvalue weighted by Gasteiger charge is 2.39. The molecule has 0 aromatic heterocycles. The van der Waals surface area contributed by atoms with Gasteiger partial charge in [-0.25, -0.2) is 0 Å². The lowest BCUT2D eigenvalue weighted by Gasteiger charge is -2.23. The number of nitrogens with zero attached hydrogens (tertiary/aromatic N) is 2. The summed E-state index contributed by atoms with van der Waals surface area (Å²) in [7, 11) is 1.39. The fraction of sp³-hybridized carbons (Fsp3) is 0.529. The SMILES string of the molecule is COc1ccc([N+](=O)[O-])cc1OC(=O)[C@@H]1CC(=O)N(C2CCCC2)C1. The Morgan fingerprint density at radius 2 is 2.00 bits per heavy atom. The number of esters is 1. The molecule has 1 aromatic carbocycles. The second-order valence-corrected chi connectivity index (χ2v) is 6.40. The summed E-state index contributed by atoms with van der Waals surface area (Å²) >= 11 is 0. The van der Waals surface area contributed by atoms with Crippen LogP contribution in [0.3, 0.4) is 0 Å². The minimum absolute atomic E-state index is 0.00605. The molecule has 1 saturated carbocycles.